The van der Waals surface area contributed by atoms with Gasteiger partial charge in [0.15, 0.2) is 0 Å². The van der Waals surface area contributed by atoms with Gasteiger partial charge in [-0.3, -0.25) is 4.79 Å². The minimum absolute atomic E-state index is 0. The summed E-state index contributed by atoms with van der Waals surface area (Å²) in [6.45, 7) is 2.32. The van der Waals surface area contributed by atoms with Crippen LogP contribution in [-0.4, -0.2) is 52.7 Å². The van der Waals surface area contributed by atoms with Gasteiger partial charge in [-0.05, 0) is 6.92 Å². The van der Waals surface area contributed by atoms with Gasteiger partial charge in [-0.25, -0.2) is 4.79 Å². The first-order chi connectivity index (χ1) is 4.04. The molecular weight excluding hydrogens is 147 g/mol. The summed E-state index contributed by atoms with van der Waals surface area (Å²) in [6.07, 6.45) is -1.23. The van der Waals surface area contributed by atoms with Gasteiger partial charge in [0.1, 0.15) is 6.10 Å². The molecule has 1 N–H and O–H groups in total. The van der Waals surface area contributed by atoms with E-state index in [2.05, 4.69) is 4.74 Å². The molecule has 0 fully saturated rings. The number of aliphatic hydroxyl groups excluding tert-OH is 1. The molecule has 0 radical (unpaired) electrons. The summed E-state index contributed by atoms with van der Waals surface area (Å²) in [7, 11) is 0. The first-order valence-electron chi connectivity index (χ1n) is 2.44. The first-order valence-corrected chi connectivity index (χ1v) is 2.44. The van der Waals surface area contributed by atoms with Crippen LogP contribution in [0.25, 0.3) is 0 Å². The average molecular weight is 156 g/mol. The monoisotopic (exact) mass is 156 g/mol. The van der Waals surface area contributed by atoms with E-state index in [1.54, 1.807) is 0 Å². The molecule has 0 amide bonds. The summed E-state index contributed by atoms with van der Waals surface area (Å²) in [6, 6.07) is 0. The standard InChI is InChI=1S/C5H8O4.Na.H/c1-3(6)5(8)9-4(2)7;;/h3,6H,1-2H3;;. The van der Waals surface area contributed by atoms with Gasteiger partial charge in [0.25, 0.3) is 0 Å². The van der Waals surface area contributed by atoms with Crippen LogP contribution in [0.15, 0.2) is 0 Å². The molecule has 0 aliphatic heterocycles. The Morgan fingerprint density at radius 3 is 2.00 bits per heavy atom. The van der Waals surface area contributed by atoms with Crippen molar-refractivity contribution < 1.29 is 19.4 Å². The van der Waals surface area contributed by atoms with Crippen LogP contribution < -0.4 is 0 Å². The van der Waals surface area contributed by atoms with Crippen molar-refractivity contribution in [3.63, 3.8) is 0 Å². The predicted molar refractivity (Wildman–Crippen MR) is 35.6 cm³/mol. The van der Waals surface area contributed by atoms with Gasteiger partial charge in [0.05, 0.1) is 0 Å². The summed E-state index contributed by atoms with van der Waals surface area (Å²) in [5.41, 5.74) is 0. The van der Waals surface area contributed by atoms with Crippen LogP contribution in [0.3, 0.4) is 0 Å². The van der Waals surface area contributed by atoms with Crippen molar-refractivity contribution in [2.45, 2.75) is 20.0 Å². The second kappa shape index (κ2) is 5.85. The fraction of sp³-hybridized carbons (Fsp3) is 0.600. The Morgan fingerprint density at radius 2 is 1.90 bits per heavy atom. The Morgan fingerprint density at radius 1 is 1.50 bits per heavy atom. The quantitative estimate of drug-likeness (QED) is 0.294. The van der Waals surface area contributed by atoms with Gasteiger partial charge < -0.3 is 9.84 Å². The zero-order valence-corrected chi connectivity index (χ0v) is 5.25. The summed E-state index contributed by atoms with van der Waals surface area (Å²) >= 11 is 0. The van der Waals surface area contributed by atoms with E-state index in [9.17, 15) is 9.59 Å². The number of aliphatic hydroxyl groups is 1. The topological polar surface area (TPSA) is 63.6 Å². The number of ether oxygens (including phenoxy) is 1. The van der Waals surface area contributed by atoms with Crippen molar-refractivity contribution in [1.82, 2.24) is 0 Å². The van der Waals surface area contributed by atoms with Crippen LogP contribution in [0.2, 0.25) is 0 Å². The van der Waals surface area contributed by atoms with E-state index in [4.69, 9.17) is 5.11 Å². The van der Waals surface area contributed by atoms with E-state index < -0.39 is 18.0 Å². The molecule has 0 aromatic heterocycles. The average Bonchev–Trinajstić information content (AvgIpc) is 1.63. The van der Waals surface area contributed by atoms with Crippen molar-refractivity contribution in [1.29, 1.82) is 0 Å². The molecule has 0 aliphatic carbocycles. The summed E-state index contributed by atoms with van der Waals surface area (Å²) in [4.78, 5) is 20.3. The number of carbonyl (C=O) groups is 2. The summed E-state index contributed by atoms with van der Waals surface area (Å²) in [5.74, 6) is -1.62. The summed E-state index contributed by atoms with van der Waals surface area (Å²) < 4.78 is 3.98. The Kier molecular flexibility index (Phi) is 7.46. The molecule has 0 aromatic carbocycles. The van der Waals surface area contributed by atoms with Crippen LogP contribution in [0.4, 0.5) is 0 Å². The fourth-order valence-corrected chi connectivity index (χ4v) is 0.227. The number of hydrogen-bond acceptors (Lipinski definition) is 4. The molecule has 0 heterocycles. The molecule has 0 saturated heterocycles. The molecule has 4 nitrogen and oxygen atoms in total. The van der Waals surface area contributed by atoms with E-state index >= 15 is 0 Å². The third-order valence-electron chi connectivity index (χ3n) is 0.585. The van der Waals surface area contributed by atoms with Gasteiger partial charge in [-0.15, -0.1) is 0 Å². The van der Waals surface area contributed by atoms with Gasteiger partial charge in [0, 0.05) is 6.92 Å². The van der Waals surface area contributed by atoms with Crippen molar-refractivity contribution in [3.05, 3.63) is 0 Å². The van der Waals surface area contributed by atoms with Crippen LogP contribution >= 0.6 is 0 Å². The molecule has 5 heteroatoms. The molecular formula is C5H9NaO4. The number of rotatable bonds is 1. The fourth-order valence-electron chi connectivity index (χ4n) is 0.227. The van der Waals surface area contributed by atoms with Crippen LogP contribution in [0.5, 0.6) is 0 Å². The molecule has 1 atom stereocenters. The Labute approximate surface area is 80.8 Å². The minimum atomic E-state index is -1.23. The SMILES string of the molecule is CC(=O)OC(=O)C(C)O.[NaH]. The third kappa shape index (κ3) is 6.22. The van der Waals surface area contributed by atoms with Crippen molar-refractivity contribution in [2.75, 3.05) is 0 Å². The zero-order valence-electron chi connectivity index (χ0n) is 5.25. The van der Waals surface area contributed by atoms with E-state index in [0.29, 0.717) is 0 Å². The normalized spacial score (nSPS) is 11.1. The molecule has 0 saturated carbocycles. The van der Waals surface area contributed by atoms with Gasteiger partial charge in [-0.1, -0.05) is 0 Å². The van der Waals surface area contributed by atoms with Crippen LogP contribution in [0, 0.1) is 0 Å². The van der Waals surface area contributed by atoms with E-state index in [1.165, 1.54) is 6.92 Å². The second-order valence-corrected chi connectivity index (χ2v) is 1.59. The Bertz CT molecular complexity index is 132. The molecule has 54 valence electrons. The molecule has 10 heavy (non-hydrogen) atoms. The van der Waals surface area contributed by atoms with Gasteiger partial charge in [0.2, 0.25) is 0 Å². The van der Waals surface area contributed by atoms with Crippen molar-refractivity contribution in [3.8, 4) is 0 Å². The van der Waals surface area contributed by atoms with Crippen molar-refractivity contribution in [2.24, 2.45) is 0 Å². The molecule has 0 aromatic rings. The third-order valence-corrected chi connectivity index (χ3v) is 0.585. The second-order valence-electron chi connectivity index (χ2n) is 1.59. The molecule has 0 aliphatic rings. The molecule has 1 unspecified atom stereocenters. The zero-order chi connectivity index (χ0) is 7.44. The van der Waals surface area contributed by atoms with Gasteiger partial charge >= 0.3 is 41.5 Å². The molecule has 0 rings (SSSR count). The number of carbonyl (C=O) groups excluding carboxylic acids is 2. The maximum atomic E-state index is 10.3. The van der Waals surface area contributed by atoms with E-state index in [0.717, 1.165) is 6.92 Å². The Hall–Kier alpha value is 0.1000. The molecule has 0 bridgehead atoms. The number of hydrogen-bond donors (Lipinski definition) is 1. The summed E-state index contributed by atoms with van der Waals surface area (Å²) in [5, 5.41) is 8.44. The van der Waals surface area contributed by atoms with Crippen LogP contribution in [0.1, 0.15) is 13.8 Å². The van der Waals surface area contributed by atoms with Gasteiger partial charge in [-0.2, -0.15) is 0 Å². The van der Waals surface area contributed by atoms with E-state index in [1.807, 2.05) is 0 Å². The van der Waals surface area contributed by atoms with Crippen LogP contribution in [-0.2, 0) is 14.3 Å². The van der Waals surface area contributed by atoms with Crippen molar-refractivity contribution >= 4 is 41.5 Å². The van der Waals surface area contributed by atoms with E-state index in [-0.39, 0.29) is 29.6 Å². The first kappa shape index (κ1) is 12.7. The molecule has 0 spiro atoms. The maximum absolute atomic E-state index is 10.3. The Balaban J connectivity index is 0. The predicted octanol–water partition coefficient (Wildman–Crippen LogP) is -1.19. The number of esters is 2.